The Labute approximate surface area is 104 Å². The molecule has 2 N–H and O–H groups in total. The molecule has 2 aromatic rings. The Bertz CT molecular complexity index is 553. The van der Waals surface area contributed by atoms with Gasteiger partial charge in [-0.25, -0.2) is 0 Å². The van der Waals surface area contributed by atoms with E-state index in [1.807, 2.05) is 18.2 Å². The summed E-state index contributed by atoms with van der Waals surface area (Å²) in [6, 6.07) is 5.57. The van der Waals surface area contributed by atoms with Crippen molar-refractivity contribution in [1.29, 1.82) is 0 Å². The second-order valence-electron chi connectivity index (χ2n) is 3.97. The van der Waals surface area contributed by atoms with E-state index in [2.05, 4.69) is 10.1 Å². The van der Waals surface area contributed by atoms with Gasteiger partial charge in [0.15, 0.2) is 11.5 Å². The van der Waals surface area contributed by atoms with Crippen molar-refractivity contribution in [3.63, 3.8) is 0 Å². The van der Waals surface area contributed by atoms with Crippen LogP contribution in [0.25, 0.3) is 11.4 Å². The molecular formula is C12H13N3O3. The van der Waals surface area contributed by atoms with Gasteiger partial charge in [0, 0.05) is 12.0 Å². The molecule has 94 valence electrons. The summed E-state index contributed by atoms with van der Waals surface area (Å²) in [6.45, 7) is 0.870. The summed E-state index contributed by atoms with van der Waals surface area (Å²) in [5.74, 6) is 2.61. The Morgan fingerprint density at radius 2 is 2.11 bits per heavy atom. The minimum Gasteiger partial charge on any atom is -0.454 e. The maximum absolute atomic E-state index is 5.44. The van der Waals surface area contributed by atoms with Crippen LogP contribution in [-0.2, 0) is 6.42 Å². The minimum absolute atomic E-state index is 0.257. The van der Waals surface area contributed by atoms with E-state index in [0.717, 1.165) is 17.7 Å². The van der Waals surface area contributed by atoms with Crippen LogP contribution in [-0.4, -0.2) is 23.5 Å². The van der Waals surface area contributed by atoms with E-state index in [1.54, 1.807) is 0 Å². The van der Waals surface area contributed by atoms with Crippen LogP contribution in [0.5, 0.6) is 11.5 Å². The highest BCUT2D eigenvalue weighted by Crippen LogP contribution is 2.35. The van der Waals surface area contributed by atoms with Crippen LogP contribution in [0.15, 0.2) is 22.7 Å². The van der Waals surface area contributed by atoms with E-state index in [9.17, 15) is 0 Å². The Hall–Kier alpha value is -2.08. The van der Waals surface area contributed by atoms with Gasteiger partial charge in [0.1, 0.15) is 0 Å². The first-order valence-electron chi connectivity index (χ1n) is 5.79. The molecule has 0 amide bonds. The topological polar surface area (TPSA) is 83.4 Å². The van der Waals surface area contributed by atoms with Gasteiger partial charge in [-0.1, -0.05) is 5.16 Å². The first-order chi connectivity index (χ1) is 8.86. The summed E-state index contributed by atoms with van der Waals surface area (Å²) in [7, 11) is 0. The molecule has 0 aliphatic carbocycles. The smallest absolute Gasteiger partial charge is 0.231 e. The standard InChI is InChI=1S/C12H13N3O3/c13-5-1-2-11-14-12(15-18-11)8-3-4-9-10(6-8)17-7-16-9/h3-4,6H,1-2,5,7,13H2. The van der Waals surface area contributed by atoms with Gasteiger partial charge >= 0.3 is 0 Å². The third-order valence-electron chi connectivity index (χ3n) is 2.69. The molecule has 2 heterocycles. The van der Waals surface area contributed by atoms with Gasteiger partial charge in [0.05, 0.1) is 0 Å². The van der Waals surface area contributed by atoms with Crippen molar-refractivity contribution in [2.24, 2.45) is 5.73 Å². The monoisotopic (exact) mass is 247 g/mol. The average Bonchev–Trinajstić information content (AvgIpc) is 3.04. The number of nitrogens with zero attached hydrogens (tertiary/aromatic N) is 2. The molecule has 1 aliphatic rings. The lowest BCUT2D eigenvalue weighted by Crippen LogP contribution is -2.00. The van der Waals surface area contributed by atoms with Crippen LogP contribution in [0.3, 0.4) is 0 Å². The predicted octanol–water partition coefficient (Wildman–Crippen LogP) is 1.36. The minimum atomic E-state index is 0.257. The fourth-order valence-corrected chi connectivity index (χ4v) is 1.76. The lowest BCUT2D eigenvalue weighted by atomic mass is 10.2. The number of fused-ring (bicyclic) bond motifs is 1. The molecule has 0 radical (unpaired) electrons. The van der Waals surface area contributed by atoms with Crippen LogP contribution in [0.4, 0.5) is 0 Å². The maximum Gasteiger partial charge on any atom is 0.231 e. The zero-order valence-corrected chi connectivity index (χ0v) is 9.76. The molecule has 0 unspecified atom stereocenters. The van der Waals surface area contributed by atoms with Gasteiger partial charge in [-0.05, 0) is 31.2 Å². The van der Waals surface area contributed by atoms with Gasteiger partial charge in [-0.3, -0.25) is 0 Å². The Balaban J connectivity index is 1.83. The van der Waals surface area contributed by atoms with E-state index in [4.69, 9.17) is 19.7 Å². The Kier molecular flexibility index (Phi) is 2.85. The third kappa shape index (κ3) is 2.02. The van der Waals surface area contributed by atoms with Gasteiger partial charge in [0.25, 0.3) is 0 Å². The predicted molar refractivity (Wildman–Crippen MR) is 63.2 cm³/mol. The van der Waals surface area contributed by atoms with Crippen molar-refractivity contribution in [1.82, 2.24) is 10.1 Å². The molecule has 3 rings (SSSR count). The fraction of sp³-hybridized carbons (Fsp3) is 0.333. The van der Waals surface area contributed by atoms with Crippen LogP contribution in [0.1, 0.15) is 12.3 Å². The highest BCUT2D eigenvalue weighted by atomic mass is 16.7. The zero-order valence-electron chi connectivity index (χ0n) is 9.76. The number of nitrogens with two attached hydrogens (primary N) is 1. The van der Waals surface area contributed by atoms with Gasteiger partial charge in [-0.15, -0.1) is 0 Å². The van der Waals surface area contributed by atoms with Crippen molar-refractivity contribution in [3.8, 4) is 22.9 Å². The normalized spacial score (nSPS) is 12.9. The fourth-order valence-electron chi connectivity index (χ4n) is 1.76. The van der Waals surface area contributed by atoms with E-state index in [1.165, 1.54) is 0 Å². The van der Waals surface area contributed by atoms with E-state index >= 15 is 0 Å². The van der Waals surface area contributed by atoms with Crippen LogP contribution in [0, 0.1) is 0 Å². The van der Waals surface area contributed by atoms with Gasteiger partial charge in [-0.2, -0.15) is 4.98 Å². The van der Waals surface area contributed by atoms with Crippen molar-refractivity contribution >= 4 is 0 Å². The highest BCUT2D eigenvalue weighted by Gasteiger charge is 2.16. The second kappa shape index (κ2) is 4.66. The van der Waals surface area contributed by atoms with Crippen molar-refractivity contribution in [2.75, 3.05) is 13.3 Å². The quantitative estimate of drug-likeness (QED) is 0.878. The number of aryl methyl sites for hydroxylation is 1. The lowest BCUT2D eigenvalue weighted by molar-refractivity contribution is 0.174. The molecule has 0 saturated carbocycles. The number of benzene rings is 1. The molecule has 0 saturated heterocycles. The molecule has 0 atom stereocenters. The molecular weight excluding hydrogens is 234 g/mol. The highest BCUT2D eigenvalue weighted by molar-refractivity contribution is 5.61. The molecule has 1 aromatic carbocycles. The Morgan fingerprint density at radius 3 is 3.00 bits per heavy atom. The molecule has 6 nitrogen and oxygen atoms in total. The summed E-state index contributed by atoms with van der Waals surface area (Å²) >= 11 is 0. The number of rotatable bonds is 4. The summed E-state index contributed by atoms with van der Waals surface area (Å²) in [6.07, 6.45) is 1.54. The molecule has 6 heteroatoms. The number of ether oxygens (including phenoxy) is 2. The first kappa shape index (κ1) is 11.0. The summed E-state index contributed by atoms with van der Waals surface area (Å²) in [5.41, 5.74) is 6.28. The second-order valence-corrected chi connectivity index (χ2v) is 3.97. The maximum atomic E-state index is 5.44. The first-order valence-corrected chi connectivity index (χ1v) is 5.79. The van der Waals surface area contributed by atoms with E-state index < -0.39 is 0 Å². The molecule has 1 aliphatic heterocycles. The van der Waals surface area contributed by atoms with Gasteiger partial charge in [0.2, 0.25) is 18.5 Å². The summed E-state index contributed by atoms with van der Waals surface area (Å²) in [5, 5.41) is 3.94. The molecule has 0 fully saturated rings. The van der Waals surface area contributed by atoms with E-state index in [-0.39, 0.29) is 6.79 Å². The van der Waals surface area contributed by atoms with E-state index in [0.29, 0.717) is 30.4 Å². The molecule has 0 bridgehead atoms. The summed E-state index contributed by atoms with van der Waals surface area (Å²) < 4.78 is 15.7. The summed E-state index contributed by atoms with van der Waals surface area (Å²) in [4.78, 5) is 4.31. The van der Waals surface area contributed by atoms with Crippen molar-refractivity contribution < 1.29 is 14.0 Å². The van der Waals surface area contributed by atoms with Gasteiger partial charge < -0.3 is 19.7 Å². The molecule has 18 heavy (non-hydrogen) atoms. The Morgan fingerprint density at radius 1 is 1.22 bits per heavy atom. The third-order valence-corrected chi connectivity index (χ3v) is 2.69. The number of hydrogen-bond acceptors (Lipinski definition) is 6. The van der Waals surface area contributed by atoms with Crippen LogP contribution < -0.4 is 15.2 Å². The van der Waals surface area contributed by atoms with Crippen LogP contribution in [0.2, 0.25) is 0 Å². The lowest BCUT2D eigenvalue weighted by Gasteiger charge is -1.97. The average molecular weight is 247 g/mol. The molecule has 0 spiro atoms. The SMILES string of the molecule is NCCCc1nc(-c2ccc3c(c2)OCO3)no1. The largest absolute Gasteiger partial charge is 0.454 e. The molecule has 1 aromatic heterocycles. The number of hydrogen-bond donors (Lipinski definition) is 1. The van der Waals surface area contributed by atoms with Crippen LogP contribution >= 0.6 is 0 Å². The number of aromatic nitrogens is 2. The van der Waals surface area contributed by atoms with Crippen molar-refractivity contribution in [2.45, 2.75) is 12.8 Å². The zero-order chi connectivity index (χ0) is 12.4. The van der Waals surface area contributed by atoms with Crippen molar-refractivity contribution in [3.05, 3.63) is 24.1 Å².